The summed E-state index contributed by atoms with van der Waals surface area (Å²) in [6, 6.07) is 6.56. The van der Waals surface area contributed by atoms with Crippen LogP contribution in [-0.2, 0) is 4.79 Å². The predicted octanol–water partition coefficient (Wildman–Crippen LogP) is 5.20. The van der Waals surface area contributed by atoms with Crippen molar-refractivity contribution in [2.75, 3.05) is 0 Å². The third-order valence-corrected chi connectivity index (χ3v) is 3.91. The van der Waals surface area contributed by atoms with Crippen molar-refractivity contribution in [1.82, 2.24) is 4.98 Å². The smallest absolute Gasteiger partial charge is 0.328 e. The molecule has 132 valence electrons. The Labute approximate surface area is 151 Å². The number of aryl methyl sites for hydroxylation is 1. The summed E-state index contributed by atoms with van der Waals surface area (Å²) in [5.41, 5.74) is 2.27. The highest BCUT2D eigenvalue weighted by atomic mass is 35.5. The third-order valence-electron chi connectivity index (χ3n) is 3.62. The van der Waals surface area contributed by atoms with Gasteiger partial charge in [-0.25, -0.2) is 9.78 Å². The quantitative estimate of drug-likeness (QED) is 0.662. The Kier molecular flexibility index (Phi) is 6.42. The van der Waals surface area contributed by atoms with Crippen molar-refractivity contribution in [2.45, 2.75) is 33.1 Å². The van der Waals surface area contributed by atoms with Gasteiger partial charge in [0, 0.05) is 12.1 Å². The summed E-state index contributed by atoms with van der Waals surface area (Å²) < 4.78 is 5.70. The fraction of sp³-hybridized carbons (Fsp3) is 0.263. The Morgan fingerprint density at radius 2 is 2.12 bits per heavy atom. The standard InChI is InChI=1S/C19H20ClNO4/c1-3-4-5-13(10-18(23)24)14-8-12(2)19(16(20)9-14)25-17-7-6-15(22)11-21-17/h6-11,22H,3-5H2,1-2H3,(H,23,24)/b13-10+. The number of carboxylic acid groups (broad SMARTS) is 1. The number of carbonyl (C=O) groups is 1. The molecule has 0 unspecified atom stereocenters. The Bertz CT molecular complexity index is 762. The minimum Gasteiger partial charge on any atom is -0.506 e. The number of hydrogen-bond acceptors (Lipinski definition) is 4. The van der Waals surface area contributed by atoms with Crippen LogP contribution in [0.1, 0.15) is 37.3 Å². The van der Waals surface area contributed by atoms with Gasteiger partial charge in [-0.1, -0.05) is 24.9 Å². The van der Waals surface area contributed by atoms with E-state index in [0.29, 0.717) is 23.1 Å². The first-order chi connectivity index (χ1) is 11.9. The first-order valence-corrected chi connectivity index (χ1v) is 8.35. The molecule has 0 amide bonds. The molecule has 0 aliphatic rings. The van der Waals surface area contributed by atoms with Gasteiger partial charge in [0.2, 0.25) is 5.88 Å². The van der Waals surface area contributed by atoms with E-state index < -0.39 is 5.97 Å². The van der Waals surface area contributed by atoms with Gasteiger partial charge >= 0.3 is 5.97 Å². The lowest BCUT2D eigenvalue weighted by Gasteiger charge is -2.14. The van der Waals surface area contributed by atoms with E-state index in [4.69, 9.17) is 21.4 Å². The number of carboxylic acids is 1. The number of benzene rings is 1. The van der Waals surface area contributed by atoms with Crippen molar-refractivity contribution < 1.29 is 19.7 Å². The highest BCUT2D eigenvalue weighted by molar-refractivity contribution is 6.32. The molecule has 2 rings (SSSR count). The Morgan fingerprint density at radius 1 is 1.36 bits per heavy atom. The van der Waals surface area contributed by atoms with E-state index in [1.165, 1.54) is 24.4 Å². The van der Waals surface area contributed by atoms with Crippen LogP contribution in [0.2, 0.25) is 5.02 Å². The number of pyridine rings is 1. The molecule has 0 atom stereocenters. The van der Waals surface area contributed by atoms with E-state index >= 15 is 0 Å². The zero-order chi connectivity index (χ0) is 18.4. The number of aromatic nitrogens is 1. The van der Waals surface area contributed by atoms with Gasteiger partial charge in [-0.2, -0.15) is 0 Å². The average Bonchev–Trinajstić information content (AvgIpc) is 2.56. The zero-order valence-electron chi connectivity index (χ0n) is 14.1. The number of ether oxygens (including phenoxy) is 1. The number of halogens is 1. The monoisotopic (exact) mass is 361 g/mol. The average molecular weight is 362 g/mol. The molecule has 0 bridgehead atoms. The van der Waals surface area contributed by atoms with Crippen molar-refractivity contribution in [2.24, 2.45) is 0 Å². The van der Waals surface area contributed by atoms with Crippen molar-refractivity contribution in [3.8, 4) is 17.4 Å². The molecule has 25 heavy (non-hydrogen) atoms. The van der Waals surface area contributed by atoms with E-state index in [1.807, 2.05) is 13.0 Å². The van der Waals surface area contributed by atoms with Crippen molar-refractivity contribution >= 4 is 23.1 Å². The van der Waals surface area contributed by atoms with Crippen LogP contribution in [0.5, 0.6) is 17.4 Å². The second-order valence-corrected chi connectivity index (χ2v) is 6.08. The molecule has 0 spiro atoms. The summed E-state index contributed by atoms with van der Waals surface area (Å²) in [5, 5.41) is 18.7. The predicted molar refractivity (Wildman–Crippen MR) is 97.3 cm³/mol. The molecule has 6 heteroatoms. The highest BCUT2D eigenvalue weighted by Gasteiger charge is 2.13. The normalized spacial score (nSPS) is 11.4. The van der Waals surface area contributed by atoms with Gasteiger partial charge in [0.05, 0.1) is 11.2 Å². The Hall–Kier alpha value is -2.53. The molecule has 0 aliphatic carbocycles. The molecule has 0 fully saturated rings. The number of allylic oxidation sites excluding steroid dienone is 1. The third kappa shape index (κ3) is 5.22. The highest BCUT2D eigenvalue weighted by Crippen LogP contribution is 2.36. The van der Waals surface area contributed by atoms with Gasteiger partial charge < -0.3 is 14.9 Å². The molecule has 2 N–H and O–H groups in total. The number of aliphatic carboxylic acids is 1. The summed E-state index contributed by atoms with van der Waals surface area (Å²) in [4.78, 5) is 15.1. The van der Waals surface area contributed by atoms with Crippen LogP contribution >= 0.6 is 11.6 Å². The maximum atomic E-state index is 11.1. The SMILES string of the molecule is CCCC/C(=C\C(=O)O)c1cc(C)c(Oc2ccc(O)cn2)c(Cl)c1. The van der Waals surface area contributed by atoms with E-state index in [0.717, 1.165) is 29.5 Å². The molecule has 0 radical (unpaired) electrons. The van der Waals surface area contributed by atoms with E-state index in [2.05, 4.69) is 11.9 Å². The van der Waals surface area contributed by atoms with Crippen LogP contribution in [0.3, 0.4) is 0 Å². The molecule has 2 aromatic rings. The van der Waals surface area contributed by atoms with Gasteiger partial charge in [0.1, 0.15) is 5.75 Å². The summed E-state index contributed by atoms with van der Waals surface area (Å²) in [6.45, 7) is 3.89. The summed E-state index contributed by atoms with van der Waals surface area (Å²) in [7, 11) is 0. The number of nitrogens with zero attached hydrogens (tertiary/aromatic N) is 1. The van der Waals surface area contributed by atoms with Crippen LogP contribution in [0.4, 0.5) is 0 Å². The van der Waals surface area contributed by atoms with Gasteiger partial charge in [0.25, 0.3) is 0 Å². The summed E-state index contributed by atoms with van der Waals surface area (Å²) in [5.74, 6) is -0.171. The molecule has 1 aromatic heterocycles. The molecule has 0 aliphatic heterocycles. The van der Waals surface area contributed by atoms with E-state index in [-0.39, 0.29) is 5.75 Å². The lowest BCUT2D eigenvalue weighted by molar-refractivity contribution is -0.131. The van der Waals surface area contributed by atoms with Crippen molar-refractivity contribution in [3.63, 3.8) is 0 Å². The Morgan fingerprint density at radius 3 is 2.68 bits per heavy atom. The first kappa shape index (κ1) is 18.8. The summed E-state index contributed by atoms with van der Waals surface area (Å²) >= 11 is 6.35. The number of unbranched alkanes of at least 4 members (excludes halogenated alkanes) is 1. The van der Waals surface area contributed by atoms with E-state index in [1.54, 1.807) is 6.07 Å². The summed E-state index contributed by atoms with van der Waals surface area (Å²) in [6.07, 6.45) is 5.04. The largest absolute Gasteiger partial charge is 0.506 e. The zero-order valence-corrected chi connectivity index (χ0v) is 14.9. The molecule has 5 nitrogen and oxygen atoms in total. The number of rotatable bonds is 7. The second kappa shape index (κ2) is 8.53. The second-order valence-electron chi connectivity index (χ2n) is 5.67. The first-order valence-electron chi connectivity index (χ1n) is 7.97. The van der Waals surface area contributed by atoms with Crippen LogP contribution in [0, 0.1) is 6.92 Å². The molecular formula is C19H20ClNO4. The number of hydrogen-bond donors (Lipinski definition) is 2. The molecule has 0 saturated heterocycles. The lowest BCUT2D eigenvalue weighted by Crippen LogP contribution is -1.96. The van der Waals surface area contributed by atoms with Crippen LogP contribution in [0.15, 0.2) is 36.5 Å². The topological polar surface area (TPSA) is 79.7 Å². The van der Waals surface area contributed by atoms with Crippen molar-refractivity contribution in [3.05, 3.63) is 52.7 Å². The van der Waals surface area contributed by atoms with Crippen LogP contribution in [0.25, 0.3) is 5.57 Å². The fourth-order valence-electron chi connectivity index (χ4n) is 2.40. The minimum atomic E-state index is -0.978. The maximum absolute atomic E-state index is 11.1. The van der Waals surface area contributed by atoms with Crippen LogP contribution in [-0.4, -0.2) is 21.2 Å². The van der Waals surface area contributed by atoms with Gasteiger partial charge in [0.15, 0.2) is 5.75 Å². The molecule has 1 aromatic carbocycles. The van der Waals surface area contributed by atoms with Gasteiger partial charge in [-0.15, -0.1) is 0 Å². The van der Waals surface area contributed by atoms with Gasteiger partial charge in [-0.05, 0) is 54.7 Å². The maximum Gasteiger partial charge on any atom is 0.328 e. The van der Waals surface area contributed by atoms with Gasteiger partial charge in [-0.3, -0.25) is 0 Å². The van der Waals surface area contributed by atoms with Crippen molar-refractivity contribution in [1.29, 1.82) is 0 Å². The molecule has 0 saturated carbocycles. The lowest BCUT2D eigenvalue weighted by atomic mass is 9.98. The van der Waals surface area contributed by atoms with E-state index in [9.17, 15) is 9.90 Å². The minimum absolute atomic E-state index is 0.0462. The molecule has 1 heterocycles. The van der Waals surface area contributed by atoms with Crippen LogP contribution < -0.4 is 4.74 Å². The number of aromatic hydroxyl groups is 1. The molecular weight excluding hydrogens is 342 g/mol. The Balaban J connectivity index is 2.34. The fourth-order valence-corrected chi connectivity index (χ4v) is 2.70.